The fourth-order valence-corrected chi connectivity index (χ4v) is 4.68. The van der Waals surface area contributed by atoms with Crippen molar-refractivity contribution < 1.29 is 14.3 Å². The third kappa shape index (κ3) is 4.35. The molecule has 2 aliphatic carbocycles. The second-order valence-corrected chi connectivity index (χ2v) is 7.89. The van der Waals surface area contributed by atoms with E-state index in [1.165, 1.54) is 19.3 Å². The first-order valence-electron chi connectivity index (χ1n) is 10.0. The molecule has 28 heavy (non-hydrogen) atoms. The molecule has 2 aromatic rings. The Labute approximate surface area is 165 Å². The maximum Gasteiger partial charge on any atom is 0.276 e. The van der Waals surface area contributed by atoms with Gasteiger partial charge in [-0.2, -0.15) is 0 Å². The Morgan fingerprint density at radius 3 is 2.39 bits per heavy atom. The van der Waals surface area contributed by atoms with Crippen molar-refractivity contribution in [3.05, 3.63) is 54.6 Å². The van der Waals surface area contributed by atoms with E-state index >= 15 is 0 Å². The lowest BCUT2D eigenvalue weighted by Crippen LogP contribution is -2.44. The van der Waals surface area contributed by atoms with Gasteiger partial charge in [-0.05, 0) is 48.6 Å². The zero-order valence-corrected chi connectivity index (χ0v) is 15.9. The molecule has 2 bridgehead atoms. The van der Waals surface area contributed by atoms with Gasteiger partial charge in [0.25, 0.3) is 5.91 Å². The third-order valence-electron chi connectivity index (χ3n) is 6.00. The molecule has 2 saturated carbocycles. The van der Waals surface area contributed by atoms with Crippen molar-refractivity contribution in [3.8, 4) is 16.9 Å². The van der Waals surface area contributed by atoms with Gasteiger partial charge in [0.15, 0.2) is 6.61 Å². The highest BCUT2D eigenvalue weighted by atomic mass is 16.5. The van der Waals surface area contributed by atoms with Crippen LogP contribution in [0.25, 0.3) is 11.1 Å². The summed E-state index contributed by atoms with van der Waals surface area (Å²) in [4.78, 5) is 24.2. The van der Waals surface area contributed by atoms with E-state index in [1.54, 1.807) is 0 Å². The topological polar surface area (TPSA) is 67.4 Å². The van der Waals surface area contributed by atoms with Crippen LogP contribution in [0.5, 0.6) is 5.75 Å². The molecule has 0 saturated heterocycles. The second kappa shape index (κ2) is 8.46. The minimum atomic E-state index is -0.371. The third-order valence-corrected chi connectivity index (χ3v) is 6.00. The zero-order chi connectivity index (χ0) is 19.3. The molecule has 2 amide bonds. The standard InChI is InChI=1S/C23H26N2O3/c26-22(14-19-13-16-10-11-18(19)12-16)24-25-23(27)15-28-21-9-5-4-8-20(21)17-6-2-1-3-7-17/h1-9,16,18-19H,10-15H2,(H,24,26)(H,25,27). The number of hydrogen-bond acceptors (Lipinski definition) is 3. The Kier molecular flexibility index (Phi) is 5.60. The molecular weight excluding hydrogens is 352 g/mol. The first kappa shape index (κ1) is 18.5. The fourth-order valence-electron chi connectivity index (χ4n) is 4.68. The summed E-state index contributed by atoms with van der Waals surface area (Å²) in [6, 6.07) is 17.5. The molecule has 146 valence electrons. The van der Waals surface area contributed by atoms with Crippen LogP contribution in [-0.2, 0) is 9.59 Å². The molecule has 2 aliphatic rings. The number of fused-ring (bicyclic) bond motifs is 2. The molecule has 0 aromatic heterocycles. The molecule has 2 N–H and O–H groups in total. The van der Waals surface area contributed by atoms with E-state index in [0.717, 1.165) is 23.5 Å². The van der Waals surface area contributed by atoms with Crippen LogP contribution in [0.15, 0.2) is 54.6 Å². The number of ether oxygens (including phenoxy) is 1. The van der Waals surface area contributed by atoms with Crippen molar-refractivity contribution in [1.29, 1.82) is 0 Å². The number of hydrazine groups is 1. The SMILES string of the molecule is O=C(COc1ccccc1-c1ccccc1)NNC(=O)CC1CC2CCC1C2. The van der Waals surface area contributed by atoms with Crippen molar-refractivity contribution in [2.45, 2.75) is 32.1 Å². The Morgan fingerprint density at radius 1 is 0.893 bits per heavy atom. The van der Waals surface area contributed by atoms with Gasteiger partial charge in [0.1, 0.15) is 5.75 Å². The first-order chi connectivity index (χ1) is 13.7. The summed E-state index contributed by atoms with van der Waals surface area (Å²) >= 11 is 0. The van der Waals surface area contributed by atoms with Gasteiger partial charge in [0.05, 0.1) is 0 Å². The van der Waals surface area contributed by atoms with Crippen LogP contribution in [0, 0.1) is 17.8 Å². The Hall–Kier alpha value is -2.82. The molecule has 0 radical (unpaired) electrons. The van der Waals surface area contributed by atoms with Gasteiger partial charge >= 0.3 is 0 Å². The number of benzene rings is 2. The van der Waals surface area contributed by atoms with Crippen LogP contribution in [-0.4, -0.2) is 18.4 Å². The minimum absolute atomic E-state index is 0.115. The highest BCUT2D eigenvalue weighted by molar-refractivity contribution is 5.83. The summed E-state index contributed by atoms with van der Waals surface area (Å²) in [5, 5.41) is 0. The molecule has 2 aromatic carbocycles. The van der Waals surface area contributed by atoms with Crippen LogP contribution >= 0.6 is 0 Å². The molecule has 5 nitrogen and oxygen atoms in total. The average molecular weight is 378 g/mol. The van der Waals surface area contributed by atoms with Crippen molar-refractivity contribution in [2.75, 3.05) is 6.61 Å². The van der Waals surface area contributed by atoms with Gasteiger partial charge < -0.3 is 4.74 Å². The van der Waals surface area contributed by atoms with E-state index in [0.29, 0.717) is 24.0 Å². The van der Waals surface area contributed by atoms with Gasteiger partial charge in [0, 0.05) is 12.0 Å². The van der Waals surface area contributed by atoms with E-state index in [9.17, 15) is 9.59 Å². The number of para-hydroxylation sites is 1. The highest BCUT2D eigenvalue weighted by Gasteiger charge is 2.40. The Morgan fingerprint density at radius 2 is 1.64 bits per heavy atom. The van der Waals surface area contributed by atoms with Crippen molar-refractivity contribution >= 4 is 11.8 Å². The first-order valence-corrected chi connectivity index (χ1v) is 10.0. The van der Waals surface area contributed by atoms with Crippen LogP contribution in [0.3, 0.4) is 0 Å². The summed E-state index contributed by atoms with van der Waals surface area (Å²) in [6.45, 7) is -0.155. The normalized spacial score (nSPS) is 22.6. The lowest BCUT2D eigenvalue weighted by Gasteiger charge is -2.21. The fraction of sp³-hybridized carbons (Fsp3) is 0.391. The van der Waals surface area contributed by atoms with E-state index in [-0.39, 0.29) is 18.4 Å². The molecule has 0 spiro atoms. The monoisotopic (exact) mass is 378 g/mol. The maximum absolute atomic E-state index is 12.1. The number of nitrogens with one attached hydrogen (secondary N) is 2. The Balaban J connectivity index is 1.24. The number of amides is 2. The largest absolute Gasteiger partial charge is 0.483 e. The van der Waals surface area contributed by atoms with Crippen molar-refractivity contribution in [3.63, 3.8) is 0 Å². The second-order valence-electron chi connectivity index (χ2n) is 7.89. The number of carbonyl (C=O) groups is 2. The number of rotatable bonds is 6. The lowest BCUT2D eigenvalue weighted by molar-refractivity contribution is -0.130. The van der Waals surface area contributed by atoms with E-state index in [4.69, 9.17) is 4.74 Å². The maximum atomic E-state index is 12.1. The number of carbonyl (C=O) groups excluding carboxylic acids is 2. The molecule has 0 aliphatic heterocycles. The van der Waals surface area contributed by atoms with Crippen LogP contribution in [0.2, 0.25) is 0 Å². The van der Waals surface area contributed by atoms with Crippen molar-refractivity contribution in [1.82, 2.24) is 10.9 Å². The molecular formula is C23H26N2O3. The summed E-state index contributed by atoms with van der Waals surface area (Å²) < 4.78 is 5.70. The van der Waals surface area contributed by atoms with Gasteiger partial charge in [-0.1, -0.05) is 55.0 Å². The smallest absolute Gasteiger partial charge is 0.276 e. The minimum Gasteiger partial charge on any atom is -0.483 e. The van der Waals surface area contributed by atoms with Crippen molar-refractivity contribution in [2.24, 2.45) is 17.8 Å². The van der Waals surface area contributed by atoms with Crippen LogP contribution in [0.4, 0.5) is 0 Å². The van der Waals surface area contributed by atoms with Gasteiger partial charge in [-0.25, -0.2) is 0 Å². The predicted molar refractivity (Wildman–Crippen MR) is 107 cm³/mol. The summed E-state index contributed by atoms with van der Waals surface area (Å²) in [7, 11) is 0. The van der Waals surface area contributed by atoms with E-state index in [1.807, 2.05) is 54.6 Å². The van der Waals surface area contributed by atoms with Gasteiger partial charge in [-0.15, -0.1) is 0 Å². The summed E-state index contributed by atoms with van der Waals surface area (Å²) in [5.74, 6) is 2.14. The predicted octanol–water partition coefficient (Wildman–Crippen LogP) is 3.71. The highest BCUT2D eigenvalue weighted by Crippen LogP contribution is 2.49. The molecule has 0 heterocycles. The molecule has 4 rings (SSSR count). The van der Waals surface area contributed by atoms with E-state index < -0.39 is 0 Å². The van der Waals surface area contributed by atoms with Crippen LogP contribution < -0.4 is 15.6 Å². The lowest BCUT2D eigenvalue weighted by atomic mass is 9.86. The number of hydrogen-bond donors (Lipinski definition) is 2. The molecule has 3 unspecified atom stereocenters. The summed E-state index contributed by atoms with van der Waals surface area (Å²) in [5.41, 5.74) is 6.95. The van der Waals surface area contributed by atoms with Gasteiger partial charge in [0.2, 0.25) is 5.91 Å². The molecule has 3 atom stereocenters. The van der Waals surface area contributed by atoms with E-state index in [2.05, 4.69) is 10.9 Å². The summed E-state index contributed by atoms with van der Waals surface area (Å²) in [6.07, 6.45) is 5.51. The average Bonchev–Trinajstić information content (AvgIpc) is 3.35. The molecule has 2 fully saturated rings. The van der Waals surface area contributed by atoms with Gasteiger partial charge in [-0.3, -0.25) is 20.4 Å². The van der Waals surface area contributed by atoms with Crippen LogP contribution in [0.1, 0.15) is 32.1 Å². The Bertz CT molecular complexity index is 837. The quantitative estimate of drug-likeness (QED) is 0.753. The molecule has 5 heteroatoms. The zero-order valence-electron chi connectivity index (χ0n) is 15.9.